The monoisotopic (exact) mass is 301 g/mol. The molecule has 3 aromatic rings. The standard InChI is InChI=1S/C16H16ClN3O/c1-2-20-16-6-4-3-5-12(16)15(19-20)10-21-11-7-8-14(18)13(17)9-11/h3-9H,2,10,18H2,1H3. The topological polar surface area (TPSA) is 53.1 Å². The zero-order chi connectivity index (χ0) is 14.8. The summed E-state index contributed by atoms with van der Waals surface area (Å²) in [5, 5.41) is 6.21. The molecule has 0 spiro atoms. The average molecular weight is 302 g/mol. The van der Waals surface area contributed by atoms with Crippen molar-refractivity contribution < 1.29 is 4.74 Å². The van der Waals surface area contributed by atoms with Crippen molar-refractivity contribution in [1.82, 2.24) is 9.78 Å². The highest BCUT2D eigenvalue weighted by Crippen LogP contribution is 2.25. The van der Waals surface area contributed by atoms with Gasteiger partial charge >= 0.3 is 0 Å². The number of aryl methyl sites for hydroxylation is 1. The molecule has 0 fully saturated rings. The van der Waals surface area contributed by atoms with Gasteiger partial charge in [0.2, 0.25) is 0 Å². The first-order chi connectivity index (χ1) is 10.2. The molecule has 108 valence electrons. The number of hydrogen-bond acceptors (Lipinski definition) is 3. The molecule has 5 heteroatoms. The molecule has 0 saturated carbocycles. The number of rotatable bonds is 4. The van der Waals surface area contributed by atoms with Crippen molar-refractivity contribution in [3.63, 3.8) is 0 Å². The number of ether oxygens (including phenoxy) is 1. The minimum absolute atomic E-state index is 0.397. The predicted octanol–water partition coefficient (Wildman–Crippen LogP) is 3.87. The molecule has 0 aliphatic carbocycles. The van der Waals surface area contributed by atoms with Crippen LogP contribution in [0.1, 0.15) is 12.6 Å². The lowest BCUT2D eigenvalue weighted by Crippen LogP contribution is -2.00. The lowest BCUT2D eigenvalue weighted by atomic mass is 10.2. The molecule has 0 bridgehead atoms. The Kier molecular flexibility index (Phi) is 3.71. The number of nitrogens with zero attached hydrogens (tertiary/aromatic N) is 2. The summed E-state index contributed by atoms with van der Waals surface area (Å²) in [6.07, 6.45) is 0. The van der Waals surface area contributed by atoms with Crippen LogP contribution in [0.25, 0.3) is 10.9 Å². The Labute approximate surface area is 128 Å². The van der Waals surface area contributed by atoms with Crippen LogP contribution in [0.3, 0.4) is 0 Å². The van der Waals surface area contributed by atoms with E-state index in [0.29, 0.717) is 23.1 Å². The van der Waals surface area contributed by atoms with Crippen LogP contribution in [0, 0.1) is 0 Å². The highest BCUT2D eigenvalue weighted by atomic mass is 35.5. The number of para-hydroxylation sites is 1. The second-order valence-corrected chi connectivity index (χ2v) is 5.16. The molecule has 2 aromatic carbocycles. The first-order valence-corrected chi connectivity index (χ1v) is 7.19. The van der Waals surface area contributed by atoms with E-state index in [0.717, 1.165) is 23.1 Å². The molecule has 0 amide bonds. The zero-order valence-corrected chi connectivity index (χ0v) is 12.5. The summed E-state index contributed by atoms with van der Waals surface area (Å²) in [4.78, 5) is 0. The van der Waals surface area contributed by atoms with E-state index in [1.807, 2.05) is 16.8 Å². The maximum absolute atomic E-state index is 5.99. The molecule has 1 heterocycles. The van der Waals surface area contributed by atoms with Crippen molar-refractivity contribution in [3.8, 4) is 5.75 Å². The Morgan fingerprint density at radius 3 is 2.81 bits per heavy atom. The van der Waals surface area contributed by atoms with Gasteiger partial charge in [-0.2, -0.15) is 5.10 Å². The minimum Gasteiger partial charge on any atom is -0.487 e. The van der Waals surface area contributed by atoms with Gasteiger partial charge in [0.05, 0.1) is 16.2 Å². The molecule has 2 N–H and O–H groups in total. The van der Waals surface area contributed by atoms with Gasteiger partial charge in [-0.1, -0.05) is 29.8 Å². The summed E-state index contributed by atoms with van der Waals surface area (Å²) in [5.74, 6) is 0.685. The van der Waals surface area contributed by atoms with Crippen molar-refractivity contribution in [2.24, 2.45) is 0 Å². The molecular weight excluding hydrogens is 286 g/mol. The third kappa shape index (κ3) is 2.67. The van der Waals surface area contributed by atoms with Crippen molar-refractivity contribution >= 4 is 28.2 Å². The first kappa shape index (κ1) is 13.8. The van der Waals surface area contributed by atoms with Crippen molar-refractivity contribution in [1.29, 1.82) is 0 Å². The number of fused-ring (bicyclic) bond motifs is 1. The fraction of sp³-hybridized carbons (Fsp3) is 0.188. The quantitative estimate of drug-likeness (QED) is 0.744. The highest BCUT2D eigenvalue weighted by molar-refractivity contribution is 6.33. The van der Waals surface area contributed by atoms with Crippen LogP contribution in [0.5, 0.6) is 5.75 Å². The molecule has 0 unspecified atom stereocenters. The van der Waals surface area contributed by atoms with Gasteiger partial charge in [0, 0.05) is 18.0 Å². The molecule has 21 heavy (non-hydrogen) atoms. The van der Waals surface area contributed by atoms with Gasteiger partial charge in [0.25, 0.3) is 0 Å². The van der Waals surface area contributed by atoms with Gasteiger partial charge in [-0.3, -0.25) is 4.68 Å². The zero-order valence-electron chi connectivity index (χ0n) is 11.7. The fourth-order valence-corrected chi connectivity index (χ4v) is 2.46. The second-order valence-electron chi connectivity index (χ2n) is 4.75. The number of nitrogens with two attached hydrogens (primary N) is 1. The van der Waals surface area contributed by atoms with Crippen molar-refractivity contribution in [2.45, 2.75) is 20.1 Å². The minimum atomic E-state index is 0.397. The lowest BCUT2D eigenvalue weighted by Gasteiger charge is -2.06. The fourth-order valence-electron chi connectivity index (χ4n) is 2.29. The third-order valence-electron chi connectivity index (χ3n) is 3.38. The van der Waals surface area contributed by atoms with Crippen LogP contribution >= 0.6 is 11.6 Å². The number of hydrogen-bond donors (Lipinski definition) is 1. The van der Waals surface area contributed by atoms with E-state index in [4.69, 9.17) is 22.1 Å². The van der Waals surface area contributed by atoms with E-state index in [-0.39, 0.29) is 0 Å². The molecule has 3 rings (SSSR count). The Hall–Kier alpha value is -2.20. The van der Waals surface area contributed by atoms with Gasteiger partial charge in [-0.25, -0.2) is 0 Å². The first-order valence-electron chi connectivity index (χ1n) is 6.81. The SMILES string of the molecule is CCn1nc(COc2ccc(N)c(Cl)c2)c2ccccc21. The van der Waals surface area contributed by atoms with E-state index in [9.17, 15) is 0 Å². The van der Waals surface area contributed by atoms with Crippen LogP contribution in [0.15, 0.2) is 42.5 Å². The van der Waals surface area contributed by atoms with Crippen LogP contribution in [0.2, 0.25) is 5.02 Å². The van der Waals surface area contributed by atoms with E-state index >= 15 is 0 Å². The number of aromatic nitrogens is 2. The summed E-state index contributed by atoms with van der Waals surface area (Å²) in [6, 6.07) is 13.4. The molecule has 0 radical (unpaired) electrons. The van der Waals surface area contributed by atoms with Crippen molar-refractivity contribution in [2.75, 3.05) is 5.73 Å². The number of nitrogen functional groups attached to an aromatic ring is 1. The number of benzene rings is 2. The van der Waals surface area contributed by atoms with E-state index in [1.54, 1.807) is 18.2 Å². The Morgan fingerprint density at radius 2 is 2.05 bits per heavy atom. The number of halogens is 1. The van der Waals surface area contributed by atoms with E-state index in [1.165, 1.54) is 0 Å². The average Bonchev–Trinajstić information content (AvgIpc) is 2.87. The highest BCUT2D eigenvalue weighted by Gasteiger charge is 2.10. The summed E-state index contributed by atoms with van der Waals surface area (Å²) >= 11 is 5.99. The largest absolute Gasteiger partial charge is 0.487 e. The predicted molar refractivity (Wildman–Crippen MR) is 85.6 cm³/mol. The van der Waals surface area contributed by atoms with Crippen molar-refractivity contribution in [3.05, 3.63) is 53.2 Å². The number of anilines is 1. The molecule has 4 nitrogen and oxygen atoms in total. The Balaban J connectivity index is 1.86. The van der Waals surface area contributed by atoms with Gasteiger partial charge in [-0.05, 0) is 25.1 Å². The van der Waals surface area contributed by atoms with Crippen LogP contribution in [-0.2, 0) is 13.2 Å². The lowest BCUT2D eigenvalue weighted by molar-refractivity contribution is 0.301. The summed E-state index contributed by atoms with van der Waals surface area (Å²) in [5.41, 5.74) is 8.27. The van der Waals surface area contributed by atoms with E-state index < -0.39 is 0 Å². The van der Waals surface area contributed by atoms with Crippen LogP contribution < -0.4 is 10.5 Å². The van der Waals surface area contributed by atoms with E-state index in [2.05, 4.69) is 24.2 Å². The smallest absolute Gasteiger partial charge is 0.133 e. The molecule has 1 aromatic heterocycles. The molecular formula is C16H16ClN3O. The molecule has 0 atom stereocenters. The summed E-state index contributed by atoms with van der Waals surface area (Å²) in [7, 11) is 0. The Bertz CT molecular complexity index is 782. The van der Waals surface area contributed by atoms with Crippen LogP contribution in [0.4, 0.5) is 5.69 Å². The molecule has 0 aliphatic rings. The van der Waals surface area contributed by atoms with Gasteiger partial charge in [0.1, 0.15) is 18.1 Å². The second kappa shape index (κ2) is 5.66. The van der Waals surface area contributed by atoms with Gasteiger partial charge in [-0.15, -0.1) is 0 Å². The Morgan fingerprint density at radius 1 is 1.24 bits per heavy atom. The maximum atomic E-state index is 5.99. The van der Waals surface area contributed by atoms with Gasteiger partial charge in [0.15, 0.2) is 0 Å². The molecule has 0 saturated heterocycles. The van der Waals surface area contributed by atoms with Crippen LogP contribution in [-0.4, -0.2) is 9.78 Å². The third-order valence-corrected chi connectivity index (χ3v) is 3.71. The summed E-state index contributed by atoms with van der Waals surface area (Å²) in [6.45, 7) is 3.30. The van der Waals surface area contributed by atoms with Gasteiger partial charge < -0.3 is 10.5 Å². The molecule has 0 aliphatic heterocycles. The normalized spacial score (nSPS) is 11.0. The summed E-state index contributed by atoms with van der Waals surface area (Å²) < 4.78 is 7.75. The maximum Gasteiger partial charge on any atom is 0.133 e.